The van der Waals surface area contributed by atoms with Crippen LogP contribution in [-0.4, -0.2) is 17.7 Å². The molecule has 1 heterocycles. The largest absolute Gasteiger partial charge is 0.476 e. The molecular weight excluding hydrogens is 297 g/mol. The third kappa shape index (κ3) is 3.26. The minimum Gasteiger partial charge on any atom is -0.476 e. The maximum atomic E-state index is 13.4. The van der Waals surface area contributed by atoms with Crippen molar-refractivity contribution in [1.29, 1.82) is 0 Å². The van der Waals surface area contributed by atoms with Crippen molar-refractivity contribution in [3.63, 3.8) is 0 Å². The smallest absolute Gasteiger partial charge is 0.433 e. The van der Waals surface area contributed by atoms with E-state index >= 15 is 0 Å². The van der Waals surface area contributed by atoms with E-state index in [1.165, 1.54) is 24.3 Å². The summed E-state index contributed by atoms with van der Waals surface area (Å²) in [5, 5.41) is 0. The van der Waals surface area contributed by atoms with Gasteiger partial charge in [-0.1, -0.05) is 30.3 Å². The minimum atomic E-state index is -4.57. The van der Waals surface area contributed by atoms with Crippen LogP contribution in [-0.2, 0) is 19.9 Å². The van der Waals surface area contributed by atoms with Gasteiger partial charge in [0.1, 0.15) is 11.4 Å². The molecule has 1 fully saturated rings. The molecule has 1 aromatic rings. The Labute approximate surface area is 126 Å². The van der Waals surface area contributed by atoms with Crippen molar-refractivity contribution in [2.45, 2.75) is 44.6 Å². The van der Waals surface area contributed by atoms with Gasteiger partial charge in [0.05, 0.1) is 12.5 Å². The van der Waals surface area contributed by atoms with E-state index in [4.69, 9.17) is 9.47 Å². The SMILES string of the molecule is CC(C)(C)OC(=O)/C=C1/CC(c2ccccc2)(C(F)(F)F)O1. The van der Waals surface area contributed by atoms with Gasteiger partial charge >= 0.3 is 12.1 Å². The number of hydrogen-bond donors (Lipinski definition) is 0. The molecule has 0 bridgehead atoms. The summed E-state index contributed by atoms with van der Waals surface area (Å²) >= 11 is 0. The zero-order chi connectivity index (χ0) is 16.6. The van der Waals surface area contributed by atoms with Crippen LogP contribution in [0.15, 0.2) is 42.2 Å². The Morgan fingerprint density at radius 1 is 1.23 bits per heavy atom. The summed E-state index contributed by atoms with van der Waals surface area (Å²) in [5.74, 6) is -0.748. The Morgan fingerprint density at radius 3 is 2.23 bits per heavy atom. The number of carbonyl (C=O) groups excluding carboxylic acids is 1. The van der Waals surface area contributed by atoms with E-state index in [2.05, 4.69) is 0 Å². The number of ether oxygens (including phenoxy) is 2. The standard InChI is InChI=1S/C16H17F3O3/c1-14(2,3)22-13(20)9-12-10-15(21-12,16(17,18)19)11-7-5-4-6-8-11/h4-9H,10H2,1-3H3/b12-9-. The molecule has 1 unspecified atom stereocenters. The molecule has 3 nitrogen and oxygen atoms in total. The van der Waals surface area contributed by atoms with Gasteiger partial charge in [0.25, 0.3) is 0 Å². The van der Waals surface area contributed by atoms with Crippen LogP contribution >= 0.6 is 0 Å². The zero-order valence-corrected chi connectivity index (χ0v) is 12.5. The van der Waals surface area contributed by atoms with E-state index in [1.807, 2.05) is 0 Å². The highest BCUT2D eigenvalue weighted by Gasteiger charge is 2.64. The lowest BCUT2D eigenvalue weighted by atomic mass is 9.84. The van der Waals surface area contributed by atoms with Crippen LogP contribution in [0.25, 0.3) is 0 Å². The van der Waals surface area contributed by atoms with Crippen molar-refractivity contribution in [2.75, 3.05) is 0 Å². The molecule has 0 aliphatic carbocycles. The van der Waals surface area contributed by atoms with Gasteiger partial charge in [-0.3, -0.25) is 0 Å². The highest BCUT2D eigenvalue weighted by Crippen LogP contribution is 2.54. The number of halogens is 3. The van der Waals surface area contributed by atoms with Crippen LogP contribution in [0.3, 0.4) is 0 Å². The molecule has 0 amide bonds. The van der Waals surface area contributed by atoms with E-state index in [0.717, 1.165) is 6.08 Å². The van der Waals surface area contributed by atoms with Crippen molar-refractivity contribution in [3.8, 4) is 0 Å². The predicted octanol–water partition coefficient (Wildman–Crippen LogP) is 4.09. The van der Waals surface area contributed by atoms with Crippen molar-refractivity contribution in [3.05, 3.63) is 47.7 Å². The zero-order valence-electron chi connectivity index (χ0n) is 12.5. The fraction of sp³-hybridized carbons (Fsp3) is 0.438. The van der Waals surface area contributed by atoms with Crippen molar-refractivity contribution < 1.29 is 27.4 Å². The minimum absolute atomic E-state index is 0.0174. The Hall–Kier alpha value is -1.98. The molecule has 1 aliphatic rings. The number of esters is 1. The molecule has 1 aliphatic heterocycles. The molecule has 120 valence electrons. The first-order valence-electron chi connectivity index (χ1n) is 6.78. The van der Waals surface area contributed by atoms with Crippen molar-refractivity contribution >= 4 is 5.97 Å². The quantitative estimate of drug-likeness (QED) is 0.609. The second-order valence-corrected chi connectivity index (χ2v) is 6.11. The van der Waals surface area contributed by atoms with Crippen molar-refractivity contribution in [1.82, 2.24) is 0 Å². The maximum absolute atomic E-state index is 13.4. The Morgan fingerprint density at radius 2 is 1.77 bits per heavy atom. The third-order valence-electron chi connectivity index (χ3n) is 3.11. The Kier molecular flexibility index (Phi) is 3.98. The average molecular weight is 314 g/mol. The summed E-state index contributed by atoms with van der Waals surface area (Å²) in [4.78, 5) is 11.6. The van der Waals surface area contributed by atoms with Gasteiger partial charge in [-0.2, -0.15) is 13.2 Å². The maximum Gasteiger partial charge on any atom is 0.433 e. The van der Waals surface area contributed by atoms with Crippen LogP contribution in [0, 0.1) is 0 Å². The molecule has 1 saturated heterocycles. The van der Waals surface area contributed by atoms with Crippen LogP contribution < -0.4 is 0 Å². The van der Waals surface area contributed by atoms with E-state index in [9.17, 15) is 18.0 Å². The highest BCUT2D eigenvalue weighted by atomic mass is 19.4. The van der Waals surface area contributed by atoms with E-state index in [-0.39, 0.29) is 11.3 Å². The summed E-state index contributed by atoms with van der Waals surface area (Å²) in [7, 11) is 0. The summed E-state index contributed by atoms with van der Waals surface area (Å²) in [6, 6.07) is 7.38. The molecule has 22 heavy (non-hydrogen) atoms. The average Bonchev–Trinajstić information content (AvgIpc) is 2.30. The third-order valence-corrected chi connectivity index (χ3v) is 3.11. The normalized spacial score (nSPS) is 23.6. The fourth-order valence-corrected chi connectivity index (χ4v) is 2.19. The summed E-state index contributed by atoms with van der Waals surface area (Å²) in [6.07, 6.45) is -4.02. The van der Waals surface area contributed by atoms with Gasteiger partial charge in [0.15, 0.2) is 0 Å². The van der Waals surface area contributed by atoms with E-state index in [0.29, 0.717) is 0 Å². The lowest BCUT2D eigenvalue weighted by molar-refractivity contribution is -0.309. The van der Waals surface area contributed by atoms with Gasteiger partial charge in [-0.25, -0.2) is 4.79 Å². The lowest BCUT2D eigenvalue weighted by Gasteiger charge is -2.45. The van der Waals surface area contributed by atoms with Gasteiger partial charge in [0.2, 0.25) is 5.60 Å². The number of alkyl halides is 3. The molecule has 0 spiro atoms. The van der Waals surface area contributed by atoms with Crippen LogP contribution in [0.5, 0.6) is 0 Å². The van der Waals surface area contributed by atoms with Crippen LogP contribution in [0.1, 0.15) is 32.8 Å². The molecule has 1 atom stereocenters. The molecule has 0 saturated carbocycles. The monoisotopic (exact) mass is 314 g/mol. The first kappa shape index (κ1) is 16.4. The molecule has 0 N–H and O–H groups in total. The molecule has 2 rings (SSSR count). The second kappa shape index (κ2) is 5.34. The molecule has 6 heteroatoms. The topological polar surface area (TPSA) is 35.5 Å². The molecule has 0 radical (unpaired) electrons. The Bertz CT molecular complexity index is 575. The predicted molar refractivity (Wildman–Crippen MR) is 73.8 cm³/mol. The van der Waals surface area contributed by atoms with Gasteiger partial charge in [-0.05, 0) is 20.8 Å². The lowest BCUT2D eigenvalue weighted by Crippen LogP contribution is -2.51. The van der Waals surface area contributed by atoms with Crippen LogP contribution in [0.4, 0.5) is 13.2 Å². The fourth-order valence-electron chi connectivity index (χ4n) is 2.19. The second-order valence-electron chi connectivity index (χ2n) is 6.11. The molecular formula is C16H17F3O3. The van der Waals surface area contributed by atoms with Gasteiger partial charge in [0, 0.05) is 5.56 Å². The number of carbonyl (C=O) groups is 1. The van der Waals surface area contributed by atoms with Crippen molar-refractivity contribution in [2.24, 2.45) is 0 Å². The van der Waals surface area contributed by atoms with E-state index < -0.39 is 29.8 Å². The number of benzene rings is 1. The number of rotatable bonds is 2. The summed E-state index contributed by atoms with van der Waals surface area (Å²) in [6.45, 7) is 5.03. The van der Waals surface area contributed by atoms with Gasteiger partial charge < -0.3 is 9.47 Å². The molecule has 0 aromatic heterocycles. The highest BCUT2D eigenvalue weighted by molar-refractivity contribution is 5.83. The molecule has 1 aromatic carbocycles. The van der Waals surface area contributed by atoms with Gasteiger partial charge in [-0.15, -0.1) is 0 Å². The Balaban J connectivity index is 2.18. The summed E-state index contributed by atoms with van der Waals surface area (Å²) < 4.78 is 50.1. The van der Waals surface area contributed by atoms with E-state index in [1.54, 1.807) is 26.8 Å². The number of hydrogen-bond acceptors (Lipinski definition) is 3. The first-order valence-corrected chi connectivity index (χ1v) is 6.78. The first-order chi connectivity index (χ1) is 10.0. The summed E-state index contributed by atoms with van der Waals surface area (Å²) in [5.41, 5.74) is -3.08. The van der Waals surface area contributed by atoms with Crippen LogP contribution in [0.2, 0.25) is 0 Å².